The van der Waals surface area contributed by atoms with Crippen molar-refractivity contribution < 1.29 is 27.5 Å². The van der Waals surface area contributed by atoms with Crippen LogP contribution in [0.3, 0.4) is 0 Å². The molecule has 1 aromatic heterocycles. The second kappa shape index (κ2) is 11.2. The normalized spacial score (nSPS) is 11.2. The third-order valence-electron chi connectivity index (χ3n) is 5.84. The molecule has 0 aliphatic rings. The highest BCUT2D eigenvalue weighted by Gasteiger charge is 2.30. The van der Waals surface area contributed by atoms with Crippen LogP contribution >= 0.6 is 0 Å². The molecular weight excluding hydrogens is 497 g/mol. The zero-order valence-corrected chi connectivity index (χ0v) is 20.7. The maximum absolute atomic E-state index is 13.1. The first kappa shape index (κ1) is 26.5. The van der Waals surface area contributed by atoms with E-state index in [0.29, 0.717) is 22.7 Å². The van der Waals surface area contributed by atoms with Crippen LogP contribution in [0.2, 0.25) is 0 Å². The number of nitrogens with one attached hydrogen (secondary N) is 1. The van der Waals surface area contributed by atoms with Crippen molar-refractivity contribution in [2.75, 3.05) is 25.5 Å². The van der Waals surface area contributed by atoms with Crippen molar-refractivity contribution in [2.45, 2.75) is 13.1 Å². The molecule has 4 aromatic rings. The molecule has 0 fully saturated rings. The maximum Gasteiger partial charge on any atom is 0.416 e. The number of amides is 2. The Bertz CT molecular complexity index is 1400. The van der Waals surface area contributed by atoms with Gasteiger partial charge in [-0.25, -0.2) is 4.98 Å². The van der Waals surface area contributed by atoms with Crippen molar-refractivity contribution in [3.8, 4) is 22.7 Å². The Labute approximate surface area is 217 Å². The fourth-order valence-corrected chi connectivity index (χ4v) is 3.81. The van der Waals surface area contributed by atoms with Gasteiger partial charge in [0.25, 0.3) is 5.91 Å². The Hall–Kier alpha value is -4.60. The molecule has 0 spiro atoms. The second-order valence-electron chi connectivity index (χ2n) is 8.33. The number of imidazole rings is 1. The monoisotopic (exact) mass is 522 g/mol. The molecule has 10 heteroatoms. The maximum atomic E-state index is 13.1. The smallest absolute Gasteiger partial charge is 0.416 e. The summed E-state index contributed by atoms with van der Waals surface area (Å²) in [5, 5.41) is 2.71. The number of carbonyl (C=O) groups is 2. The lowest BCUT2D eigenvalue weighted by Crippen LogP contribution is -2.38. The Balaban J connectivity index is 1.59. The number of anilines is 1. The van der Waals surface area contributed by atoms with Crippen LogP contribution in [0, 0.1) is 0 Å². The van der Waals surface area contributed by atoms with Crippen molar-refractivity contribution in [1.29, 1.82) is 0 Å². The Morgan fingerprint density at radius 1 is 0.974 bits per heavy atom. The van der Waals surface area contributed by atoms with Crippen LogP contribution in [-0.4, -0.2) is 46.5 Å². The Morgan fingerprint density at radius 3 is 2.21 bits per heavy atom. The van der Waals surface area contributed by atoms with E-state index in [-0.39, 0.29) is 24.9 Å². The molecule has 0 atom stereocenters. The molecule has 0 aliphatic carbocycles. The molecule has 38 heavy (non-hydrogen) atoms. The average Bonchev–Trinajstić information content (AvgIpc) is 3.35. The summed E-state index contributed by atoms with van der Waals surface area (Å²) in [6.07, 6.45) is -2.84. The van der Waals surface area contributed by atoms with Gasteiger partial charge >= 0.3 is 6.18 Å². The van der Waals surface area contributed by atoms with Crippen molar-refractivity contribution in [1.82, 2.24) is 14.5 Å². The fourth-order valence-electron chi connectivity index (χ4n) is 3.81. The molecule has 1 N–H and O–H groups in total. The number of halogens is 3. The van der Waals surface area contributed by atoms with Gasteiger partial charge in [-0.2, -0.15) is 13.2 Å². The summed E-state index contributed by atoms with van der Waals surface area (Å²) in [6, 6.07) is 20.3. The Morgan fingerprint density at radius 2 is 1.63 bits per heavy atom. The van der Waals surface area contributed by atoms with Crippen molar-refractivity contribution in [2.24, 2.45) is 0 Å². The molecule has 0 saturated carbocycles. The minimum atomic E-state index is -4.47. The molecule has 0 unspecified atom stereocenters. The van der Waals surface area contributed by atoms with Crippen LogP contribution < -0.4 is 10.1 Å². The minimum absolute atomic E-state index is 0.113. The number of carbonyl (C=O) groups excluding carboxylic acids is 2. The van der Waals surface area contributed by atoms with Crippen LogP contribution in [-0.2, 0) is 11.0 Å². The van der Waals surface area contributed by atoms with Crippen LogP contribution in [0.25, 0.3) is 16.9 Å². The summed E-state index contributed by atoms with van der Waals surface area (Å²) >= 11 is 0. The lowest BCUT2D eigenvalue weighted by Gasteiger charge is -2.20. The summed E-state index contributed by atoms with van der Waals surface area (Å²) in [5.41, 5.74) is 1.27. The average molecular weight is 523 g/mol. The first-order valence-corrected chi connectivity index (χ1v) is 11.7. The van der Waals surface area contributed by atoms with E-state index in [1.165, 1.54) is 28.7 Å². The SMILES string of the molecule is CCN(CC(=O)Nc1nc(-c2ccccc2)cn1-c1ccc(C(F)(F)F)cc1)C(=O)c1ccc(OC)cc1. The molecule has 1 heterocycles. The molecule has 0 bridgehead atoms. The third kappa shape index (κ3) is 6.03. The first-order chi connectivity index (χ1) is 18.2. The number of aromatic nitrogens is 2. The number of hydrogen-bond acceptors (Lipinski definition) is 4. The lowest BCUT2D eigenvalue weighted by atomic mass is 10.2. The van der Waals surface area contributed by atoms with Crippen LogP contribution in [0.5, 0.6) is 5.75 Å². The van der Waals surface area contributed by atoms with Gasteiger partial charge in [0, 0.05) is 29.6 Å². The third-order valence-corrected chi connectivity index (χ3v) is 5.84. The number of hydrogen-bond donors (Lipinski definition) is 1. The van der Waals surface area contributed by atoms with Crippen molar-refractivity contribution in [3.63, 3.8) is 0 Å². The molecular formula is C28H25F3N4O3. The van der Waals surface area contributed by atoms with Gasteiger partial charge in [-0.15, -0.1) is 0 Å². The number of rotatable bonds is 8. The topological polar surface area (TPSA) is 76.5 Å². The van der Waals surface area contributed by atoms with Crippen LogP contribution in [0.1, 0.15) is 22.8 Å². The van der Waals surface area contributed by atoms with E-state index in [0.717, 1.165) is 17.7 Å². The van der Waals surface area contributed by atoms with Crippen molar-refractivity contribution >= 4 is 17.8 Å². The zero-order valence-electron chi connectivity index (χ0n) is 20.7. The summed E-state index contributed by atoms with van der Waals surface area (Å²) in [5.74, 6) is -0.123. The van der Waals surface area contributed by atoms with Gasteiger partial charge in [0.15, 0.2) is 0 Å². The predicted octanol–water partition coefficient (Wildman–Crippen LogP) is 5.67. The first-order valence-electron chi connectivity index (χ1n) is 11.7. The largest absolute Gasteiger partial charge is 0.497 e. The number of alkyl halides is 3. The molecule has 4 rings (SSSR count). The Kier molecular flexibility index (Phi) is 7.80. The zero-order chi connectivity index (χ0) is 27.3. The van der Waals surface area contributed by atoms with Gasteiger partial charge in [-0.3, -0.25) is 19.5 Å². The van der Waals surface area contributed by atoms with E-state index in [2.05, 4.69) is 10.3 Å². The fraction of sp³-hybridized carbons (Fsp3) is 0.179. The lowest BCUT2D eigenvalue weighted by molar-refractivity contribution is -0.137. The molecule has 0 aliphatic heterocycles. The van der Waals surface area contributed by atoms with E-state index in [4.69, 9.17) is 4.74 Å². The van der Waals surface area contributed by atoms with Gasteiger partial charge in [-0.1, -0.05) is 30.3 Å². The van der Waals surface area contributed by atoms with E-state index >= 15 is 0 Å². The summed E-state index contributed by atoms with van der Waals surface area (Å²) in [6.45, 7) is 1.79. The molecule has 0 saturated heterocycles. The van der Waals surface area contributed by atoms with Gasteiger partial charge in [0.05, 0.1) is 18.4 Å². The molecule has 7 nitrogen and oxygen atoms in total. The highest BCUT2D eigenvalue weighted by molar-refractivity contribution is 5.99. The van der Waals surface area contributed by atoms with E-state index in [1.807, 2.05) is 30.3 Å². The number of likely N-dealkylation sites (N-methyl/N-ethyl adjacent to an activating group) is 1. The summed E-state index contributed by atoms with van der Waals surface area (Å²) in [4.78, 5) is 31.8. The molecule has 196 valence electrons. The van der Waals surface area contributed by atoms with Gasteiger partial charge in [-0.05, 0) is 55.5 Å². The van der Waals surface area contributed by atoms with Crippen LogP contribution in [0.15, 0.2) is 85.1 Å². The van der Waals surface area contributed by atoms with Crippen molar-refractivity contribution in [3.05, 3.63) is 96.2 Å². The standard InChI is InChI=1S/C28H25F3N4O3/c1-3-34(26(37)20-9-15-23(38-2)16-10-20)18-25(36)33-27-32-24(19-7-5-4-6-8-19)17-35(27)22-13-11-21(12-14-22)28(29,30)31/h4-17H,3,18H2,1-2H3,(H,32,33,36). The number of ether oxygens (including phenoxy) is 1. The highest BCUT2D eigenvalue weighted by atomic mass is 19.4. The van der Waals surface area contributed by atoms with Gasteiger partial charge in [0.1, 0.15) is 12.3 Å². The quantitative estimate of drug-likeness (QED) is 0.324. The van der Waals surface area contributed by atoms with E-state index < -0.39 is 17.6 Å². The summed E-state index contributed by atoms with van der Waals surface area (Å²) < 4.78 is 45.8. The highest BCUT2D eigenvalue weighted by Crippen LogP contribution is 2.31. The molecule has 0 radical (unpaired) electrons. The number of methoxy groups -OCH3 is 1. The minimum Gasteiger partial charge on any atom is -0.497 e. The van der Waals surface area contributed by atoms with Gasteiger partial charge < -0.3 is 9.64 Å². The second-order valence-corrected chi connectivity index (χ2v) is 8.33. The molecule has 2 amide bonds. The number of benzene rings is 3. The van der Waals surface area contributed by atoms with Crippen LogP contribution in [0.4, 0.5) is 19.1 Å². The molecule has 3 aromatic carbocycles. The van der Waals surface area contributed by atoms with E-state index in [1.54, 1.807) is 37.4 Å². The van der Waals surface area contributed by atoms with Gasteiger partial charge in [0.2, 0.25) is 11.9 Å². The number of nitrogens with zero attached hydrogens (tertiary/aromatic N) is 3. The predicted molar refractivity (Wildman–Crippen MR) is 137 cm³/mol. The summed E-state index contributed by atoms with van der Waals surface area (Å²) in [7, 11) is 1.53. The van der Waals surface area contributed by atoms with E-state index in [9.17, 15) is 22.8 Å².